The second-order valence-electron chi connectivity index (χ2n) is 4.76. The highest BCUT2D eigenvalue weighted by Gasteiger charge is 2.37. The van der Waals surface area contributed by atoms with Crippen molar-refractivity contribution in [1.29, 1.82) is 0 Å². The van der Waals surface area contributed by atoms with Crippen LogP contribution in [0.2, 0.25) is 0 Å². The lowest BCUT2D eigenvalue weighted by atomic mass is 9.93. The average molecular weight is 242 g/mol. The number of likely N-dealkylation sites (tertiary alicyclic amines) is 1. The number of carbonyl (C=O) groups is 2. The Hall–Kier alpha value is -0.970. The van der Waals surface area contributed by atoms with E-state index >= 15 is 0 Å². The van der Waals surface area contributed by atoms with Gasteiger partial charge in [0.1, 0.15) is 0 Å². The van der Waals surface area contributed by atoms with E-state index in [9.17, 15) is 9.59 Å². The van der Waals surface area contributed by atoms with Gasteiger partial charge in [0.15, 0.2) is 0 Å². The Morgan fingerprint density at radius 2 is 1.81 bits per heavy atom. The summed E-state index contributed by atoms with van der Waals surface area (Å²) in [4.78, 5) is 25.2. The molecule has 0 saturated carbocycles. The normalized spacial score (nSPS) is 20.4. The molecule has 1 atom stereocenters. The van der Waals surface area contributed by atoms with Gasteiger partial charge < -0.3 is 5.73 Å². The first-order chi connectivity index (χ1) is 7.34. The Bertz CT molecular complexity index is 310. The van der Waals surface area contributed by atoms with E-state index in [0.717, 1.165) is 0 Å². The van der Waals surface area contributed by atoms with Gasteiger partial charge in [-0.05, 0) is 11.8 Å². The first-order valence-electron chi connectivity index (χ1n) is 5.48. The average Bonchev–Trinajstić information content (AvgIpc) is 2.09. The van der Waals surface area contributed by atoms with Gasteiger partial charge in [-0.15, -0.1) is 0 Å². The predicted molar refractivity (Wildman–Crippen MR) is 65.7 cm³/mol. The molecule has 4 nitrogen and oxygen atoms in total. The first kappa shape index (κ1) is 13.1. The van der Waals surface area contributed by atoms with E-state index in [1.807, 2.05) is 20.8 Å². The molecule has 0 aromatic rings. The molecule has 1 aliphatic heterocycles. The maximum atomic E-state index is 11.9. The van der Waals surface area contributed by atoms with E-state index < -0.39 is 6.04 Å². The molecule has 90 valence electrons. The predicted octanol–water partition coefficient (Wildman–Crippen LogP) is 1.08. The molecule has 0 aromatic carbocycles. The Morgan fingerprint density at radius 3 is 2.12 bits per heavy atom. The summed E-state index contributed by atoms with van der Waals surface area (Å²) in [6.07, 6.45) is 0.801. The van der Waals surface area contributed by atoms with Gasteiger partial charge in [0.05, 0.1) is 11.0 Å². The van der Waals surface area contributed by atoms with E-state index in [0.29, 0.717) is 12.8 Å². The standard InChI is InChI=1S/C11H18N2O2S/c1-6(2)10(11(12)16)13-8(14)4-7(3)5-9(13)15/h6-7,10H,4-5H2,1-3H3,(H2,12,16). The summed E-state index contributed by atoms with van der Waals surface area (Å²) in [7, 11) is 0. The lowest BCUT2D eigenvalue weighted by Gasteiger charge is -2.36. The highest BCUT2D eigenvalue weighted by molar-refractivity contribution is 7.80. The molecule has 0 spiro atoms. The number of rotatable bonds is 3. The highest BCUT2D eigenvalue weighted by atomic mass is 32.1. The fourth-order valence-electron chi connectivity index (χ4n) is 2.07. The summed E-state index contributed by atoms with van der Waals surface area (Å²) in [6.45, 7) is 5.71. The van der Waals surface area contributed by atoms with Crippen molar-refractivity contribution in [1.82, 2.24) is 4.90 Å². The summed E-state index contributed by atoms with van der Waals surface area (Å²) in [5, 5.41) is 0. The van der Waals surface area contributed by atoms with Crippen LogP contribution in [0.15, 0.2) is 0 Å². The van der Waals surface area contributed by atoms with Gasteiger partial charge in [-0.2, -0.15) is 0 Å². The second-order valence-corrected chi connectivity index (χ2v) is 5.23. The molecule has 1 heterocycles. The molecule has 1 saturated heterocycles. The third-order valence-electron chi connectivity index (χ3n) is 2.78. The number of nitrogens with two attached hydrogens (primary N) is 1. The van der Waals surface area contributed by atoms with Crippen LogP contribution in [0.1, 0.15) is 33.6 Å². The van der Waals surface area contributed by atoms with Crippen molar-refractivity contribution in [2.75, 3.05) is 0 Å². The number of hydrogen-bond donors (Lipinski definition) is 1. The molecule has 16 heavy (non-hydrogen) atoms. The van der Waals surface area contributed by atoms with Gasteiger partial charge in [-0.3, -0.25) is 14.5 Å². The van der Waals surface area contributed by atoms with Crippen molar-refractivity contribution in [3.05, 3.63) is 0 Å². The van der Waals surface area contributed by atoms with Crippen molar-refractivity contribution in [3.8, 4) is 0 Å². The Morgan fingerprint density at radius 1 is 1.38 bits per heavy atom. The van der Waals surface area contributed by atoms with Gasteiger partial charge >= 0.3 is 0 Å². The van der Waals surface area contributed by atoms with Crippen molar-refractivity contribution in [2.24, 2.45) is 17.6 Å². The molecule has 2 amide bonds. The van der Waals surface area contributed by atoms with Crippen LogP contribution in [0.3, 0.4) is 0 Å². The largest absolute Gasteiger partial charge is 0.392 e. The lowest BCUT2D eigenvalue weighted by molar-refractivity contribution is -0.151. The molecular weight excluding hydrogens is 224 g/mol. The summed E-state index contributed by atoms with van der Waals surface area (Å²) in [5.74, 6) is -0.139. The SMILES string of the molecule is CC1CC(=O)N(C(C(N)=S)C(C)C)C(=O)C1. The van der Waals surface area contributed by atoms with Crippen LogP contribution in [0.5, 0.6) is 0 Å². The molecule has 0 radical (unpaired) electrons. The smallest absolute Gasteiger partial charge is 0.230 e. The number of thiocarbonyl (C=S) groups is 1. The minimum absolute atomic E-state index is 0.0545. The third kappa shape index (κ3) is 2.58. The van der Waals surface area contributed by atoms with Gasteiger partial charge in [0.2, 0.25) is 11.8 Å². The maximum Gasteiger partial charge on any atom is 0.230 e. The molecule has 5 heteroatoms. The second kappa shape index (κ2) is 4.91. The zero-order chi connectivity index (χ0) is 12.5. The molecular formula is C11H18N2O2S. The van der Waals surface area contributed by atoms with E-state index in [4.69, 9.17) is 18.0 Å². The van der Waals surface area contributed by atoms with Crippen LogP contribution in [0.25, 0.3) is 0 Å². The topological polar surface area (TPSA) is 63.4 Å². The molecule has 1 unspecified atom stereocenters. The number of nitrogens with zero attached hydrogens (tertiary/aromatic N) is 1. The van der Waals surface area contributed by atoms with Crippen molar-refractivity contribution in [3.63, 3.8) is 0 Å². The third-order valence-corrected chi connectivity index (χ3v) is 3.03. The van der Waals surface area contributed by atoms with Crippen LogP contribution < -0.4 is 5.73 Å². The van der Waals surface area contributed by atoms with Gasteiger partial charge in [-0.1, -0.05) is 33.0 Å². The van der Waals surface area contributed by atoms with E-state index in [2.05, 4.69) is 0 Å². The first-order valence-corrected chi connectivity index (χ1v) is 5.89. The van der Waals surface area contributed by atoms with Crippen LogP contribution in [-0.4, -0.2) is 27.7 Å². The summed E-state index contributed by atoms with van der Waals surface area (Å²) in [5.41, 5.74) is 5.61. The van der Waals surface area contributed by atoms with Crippen molar-refractivity contribution in [2.45, 2.75) is 39.7 Å². The highest BCUT2D eigenvalue weighted by Crippen LogP contribution is 2.23. The van der Waals surface area contributed by atoms with Crippen molar-refractivity contribution < 1.29 is 9.59 Å². The number of amides is 2. The monoisotopic (exact) mass is 242 g/mol. The quantitative estimate of drug-likeness (QED) is 0.594. The van der Waals surface area contributed by atoms with Crippen LogP contribution >= 0.6 is 12.2 Å². The van der Waals surface area contributed by atoms with E-state index in [1.165, 1.54) is 4.90 Å². The number of piperidine rings is 1. The number of imide groups is 1. The van der Waals surface area contributed by atoms with Crippen LogP contribution in [0, 0.1) is 11.8 Å². The molecule has 1 rings (SSSR count). The van der Waals surface area contributed by atoms with Crippen LogP contribution in [0.4, 0.5) is 0 Å². The van der Waals surface area contributed by atoms with Gasteiger partial charge in [0, 0.05) is 12.8 Å². The molecule has 1 fully saturated rings. The minimum atomic E-state index is -0.442. The molecule has 2 N–H and O–H groups in total. The Balaban J connectivity index is 2.96. The zero-order valence-corrected chi connectivity index (χ0v) is 10.7. The van der Waals surface area contributed by atoms with Crippen LogP contribution in [-0.2, 0) is 9.59 Å². The van der Waals surface area contributed by atoms with E-state index in [-0.39, 0.29) is 28.6 Å². The minimum Gasteiger partial charge on any atom is -0.392 e. The van der Waals surface area contributed by atoms with Crippen molar-refractivity contribution >= 4 is 29.0 Å². The fraction of sp³-hybridized carbons (Fsp3) is 0.727. The van der Waals surface area contributed by atoms with Gasteiger partial charge in [0.25, 0.3) is 0 Å². The molecule has 0 aromatic heterocycles. The fourth-order valence-corrected chi connectivity index (χ4v) is 2.45. The Labute approximate surface area is 101 Å². The number of hydrogen-bond acceptors (Lipinski definition) is 3. The molecule has 1 aliphatic rings. The summed E-state index contributed by atoms with van der Waals surface area (Å²) in [6, 6.07) is -0.442. The molecule has 0 bridgehead atoms. The van der Waals surface area contributed by atoms with E-state index in [1.54, 1.807) is 0 Å². The maximum absolute atomic E-state index is 11.9. The Kier molecular flexibility index (Phi) is 4.02. The number of carbonyl (C=O) groups excluding carboxylic acids is 2. The summed E-state index contributed by atoms with van der Waals surface area (Å²) >= 11 is 4.94. The zero-order valence-electron chi connectivity index (χ0n) is 9.90. The lowest BCUT2D eigenvalue weighted by Crippen LogP contribution is -2.55. The summed E-state index contributed by atoms with van der Waals surface area (Å²) < 4.78 is 0. The van der Waals surface area contributed by atoms with Gasteiger partial charge in [-0.25, -0.2) is 0 Å². The molecule has 0 aliphatic carbocycles.